The molecule has 0 bridgehead atoms. The Balaban J connectivity index is 1.49. The molecule has 4 rings (SSSR count). The first-order valence-corrected chi connectivity index (χ1v) is 12.3. The Morgan fingerprint density at radius 2 is 1.94 bits per heavy atom. The van der Waals surface area contributed by atoms with Crippen LogP contribution in [0.3, 0.4) is 0 Å². The highest BCUT2D eigenvalue weighted by molar-refractivity contribution is 7.98. The minimum Gasteiger partial charge on any atom is -0.324 e. The van der Waals surface area contributed by atoms with Gasteiger partial charge in [0.1, 0.15) is 10.7 Å². The fourth-order valence-electron chi connectivity index (χ4n) is 3.44. The van der Waals surface area contributed by atoms with E-state index in [0.717, 1.165) is 21.7 Å². The molecule has 0 radical (unpaired) electrons. The number of thioether (sulfide) groups is 1. The van der Waals surface area contributed by atoms with Gasteiger partial charge in [0.2, 0.25) is 5.91 Å². The second-order valence-electron chi connectivity index (χ2n) is 7.24. The number of hydrogen-bond donors (Lipinski definition) is 2. The molecule has 0 aliphatic rings. The summed E-state index contributed by atoms with van der Waals surface area (Å²) in [4.78, 5) is 36.3. The number of para-hydroxylation sites is 1. The van der Waals surface area contributed by atoms with Gasteiger partial charge in [0, 0.05) is 26.4 Å². The van der Waals surface area contributed by atoms with Gasteiger partial charge in [0.15, 0.2) is 0 Å². The van der Waals surface area contributed by atoms with E-state index < -0.39 is 0 Å². The first-order chi connectivity index (χ1) is 15.5. The summed E-state index contributed by atoms with van der Waals surface area (Å²) in [5.74, 6) is 0.379. The summed E-state index contributed by atoms with van der Waals surface area (Å²) in [6, 6.07) is 15.1. The number of anilines is 1. The lowest BCUT2D eigenvalue weighted by Crippen LogP contribution is -2.31. The van der Waals surface area contributed by atoms with Gasteiger partial charge < -0.3 is 10.3 Å². The average Bonchev–Trinajstić information content (AvgIpc) is 3.18. The van der Waals surface area contributed by atoms with Crippen molar-refractivity contribution < 1.29 is 4.79 Å². The summed E-state index contributed by atoms with van der Waals surface area (Å²) >= 11 is 9.30. The highest BCUT2D eigenvalue weighted by Crippen LogP contribution is 2.34. The van der Waals surface area contributed by atoms with Crippen molar-refractivity contribution in [2.45, 2.75) is 11.4 Å². The van der Waals surface area contributed by atoms with Crippen molar-refractivity contribution in [2.75, 3.05) is 25.2 Å². The number of halogens is 1. The predicted octanol–water partition coefficient (Wildman–Crippen LogP) is 5.10. The van der Waals surface area contributed by atoms with E-state index in [1.54, 1.807) is 17.8 Å². The van der Waals surface area contributed by atoms with E-state index in [-0.39, 0.29) is 18.0 Å². The van der Waals surface area contributed by atoms with Crippen LogP contribution >= 0.6 is 34.7 Å². The minimum absolute atomic E-state index is 0.130. The number of nitrogens with zero attached hydrogens (tertiary/aromatic N) is 2. The van der Waals surface area contributed by atoms with Crippen LogP contribution in [0.1, 0.15) is 5.82 Å². The van der Waals surface area contributed by atoms with Gasteiger partial charge in [-0.15, -0.1) is 23.1 Å². The number of carbonyl (C=O) groups is 1. The molecule has 0 atom stereocenters. The van der Waals surface area contributed by atoms with Crippen molar-refractivity contribution in [2.24, 2.45) is 0 Å². The van der Waals surface area contributed by atoms with Crippen LogP contribution in [0.5, 0.6) is 0 Å². The number of hydrogen-bond acceptors (Lipinski definition) is 6. The van der Waals surface area contributed by atoms with Crippen molar-refractivity contribution in [3.8, 4) is 11.1 Å². The van der Waals surface area contributed by atoms with Crippen molar-refractivity contribution in [1.29, 1.82) is 0 Å². The molecule has 2 aromatic heterocycles. The molecule has 0 saturated carbocycles. The number of aromatic amines is 1. The van der Waals surface area contributed by atoms with E-state index in [1.165, 1.54) is 11.3 Å². The maximum atomic E-state index is 12.8. The molecule has 0 aliphatic heterocycles. The van der Waals surface area contributed by atoms with Crippen molar-refractivity contribution in [1.82, 2.24) is 14.9 Å². The number of H-pyrrole nitrogens is 1. The molecule has 0 fully saturated rings. The maximum Gasteiger partial charge on any atom is 0.260 e. The summed E-state index contributed by atoms with van der Waals surface area (Å²) in [7, 11) is 1.81. The Kier molecular flexibility index (Phi) is 6.95. The van der Waals surface area contributed by atoms with Crippen molar-refractivity contribution in [3.05, 3.63) is 75.1 Å². The molecule has 0 aliphatic carbocycles. The summed E-state index contributed by atoms with van der Waals surface area (Å²) in [5.41, 5.74) is 2.15. The highest BCUT2D eigenvalue weighted by Gasteiger charge is 2.16. The molecule has 2 heterocycles. The summed E-state index contributed by atoms with van der Waals surface area (Å²) in [6.45, 7) is 0.502. The zero-order chi connectivity index (χ0) is 22.7. The lowest BCUT2D eigenvalue weighted by molar-refractivity contribution is -0.117. The molecule has 0 saturated heterocycles. The molecular formula is C23H21ClN4O2S2. The summed E-state index contributed by atoms with van der Waals surface area (Å²) < 4.78 is 0. The number of aromatic nitrogens is 2. The van der Waals surface area contributed by atoms with Gasteiger partial charge >= 0.3 is 0 Å². The van der Waals surface area contributed by atoms with Gasteiger partial charge in [-0.2, -0.15) is 0 Å². The van der Waals surface area contributed by atoms with E-state index >= 15 is 0 Å². The molecule has 4 aromatic rings. The van der Waals surface area contributed by atoms with Gasteiger partial charge in [-0.25, -0.2) is 4.98 Å². The Labute approximate surface area is 198 Å². The van der Waals surface area contributed by atoms with Crippen LogP contribution in [0.15, 0.2) is 63.6 Å². The van der Waals surface area contributed by atoms with Crippen LogP contribution in [-0.2, 0) is 11.3 Å². The molecule has 2 N–H and O–H groups in total. The van der Waals surface area contributed by atoms with Gasteiger partial charge in [0.05, 0.1) is 24.2 Å². The third-order valence-corrected chi connectivity index (χ3v) is 6.87. The van der Waals surface area contributed by atoms with E-state index in [9.17, 15) is 9.59 Å². The molecule has 2 aromatic carbocycles. The quantitative estimate of drug-likeness (QED) is 0.357. The maximum absolute atomic E-state index is 12.8. The molecule has 1 amide bonds. The molecule has 0 unspecified atom stereocenters. The second-order valence-corrected chi connectivity index (χ2v) is 9.36. The van der Waals surface area contributed by atoms with Crippen LogP contribution in [0.4, 0.5) is 5.69 Å². The number of benzene rings is 2. The van der Waals surface area contributed by atoms with Gasteiger partial charge in [-0.05, 0) is 31.5 Å². The predicted molar refractivity (Wildman–Crippen MR) is 134 cm³/mol. The number of likely N-dealkylation sites (N-methyl/N-ethyl adjacent to an activating group) is 1. The largest absolute Gasteiger partial charge is 0.324 e. The number of nitrogens with one attached hydrogen (secondary N) is 2. The Bertz CT molecular complexity index is 1340. The van der Waals surface area contributed by atoms with Crippen molar-refractivity contribution in [3.63, 3.8) is 0 Å². The van der Waals surface area contributed by atoms with E-state index in [1.807, 2.05) is 66.0 Å². The third kappa shape index (κ3) is 4.88. The van der Waals surface area contributed by atoms with Gasteiger partial charge in [-0.1, -0.05) is 41.9 Å². The second kappa shape index (κ2) is 9.87. The molecular weight excluding hydrogens is 464 g/mol. The smallest absolute Gasteiger partial charge is 0.260 e. The topological polar surface area (TPSA) is 78.1 Å². The Morgan fingerprint density at radius 3 is 2.72 bits per heavy atom. The fraction of sp³-hybridized carbons (Fsp3) is 0.174. The first kappa shape index (κ1) is 22.5. The van der Waals surface area contributed by atoms with Crippen LogP contribution in [0, 0.1) is 0 Å². The Hall–Kier alpha value is -2.65. The van der Waals surface area contributed by atoms with Gasteiger partial charge in [0.25, 0.3) is 5.56 Å². The number of rotatable bonds is 7. The molecule has 6 nitrogen and oxygen atoms in total. The summed E-state index contributed by atoms with van der Waals surface area (Å²) in [5, 5.41) is 5.96. The molecule has 32 heavy (non-hydrogen) atoms. The standard InChI is InChI=1S/C23H21ClN4O2S2/c1-28(12-20(29)25-17-9-5-6-10-18(17)31-2)11-19-26-22(30)21-15(13-32-23(21)27-19)14-7-3-4-8-16(14)24/h3-10,13H,11-12H2,1-2H3,(H,25,29)(H,26,27,30). The van der Waals surface area contributed by atoms with Crippen LogP contribution in [0.2, 0.25) is 5.02 Å². The normalized spacial score (nSPS) is 11.2. The number of carbonyl (C=O) groups excluding carboxylic acids is 1. The third-order valence-electron chi connectivity index (χ3n) is 4.87. The van der Waals surface area contributed by atoms with E-state index in [4.69, 9.17) is 11.6 Å². The molecule has 9 heteroatoms. The highest BCUT2D eigenvalue weighted by atomic mass is 35.5. The van der Waals surface area contributed by atoms with Crippen molar-refractivity contribution >= 4 is 56.5 Å². The van der Waals surface area contributed by atoms with Gasteiger partial charge in [-0.3, -0.25) is 14.5 Å². The lowest BCUT2D eigenvalue weighted by atomic mass is 10.1. The number of fused-ring (bicyclic) bond motifs is 1. The minimum atomic E-state index is -0.215. The zero-order valence-corrected chi connectivity index (χ0v) is 19.9. The molecule has 164 valence electrons. The average molecular weight is 485 g/mol. The summed E-state index contributed by atoms with van der Waals surface area (Å²) in [6.07, 6.45) is 1.97. The Morgan fingerprint density at radius 1 is 1.19 bits per heavy atom. The van der Waals surface area contributed by atoms with Crippen LogP contribution < -0.4 is 10.9 Å². The zero-order valence-electron chi connectivity index (χ0n) is 17.5. The fourth-order valence-corrected chi connectivity index (χ4v) is 5.19. The van der Waals surface area contributed by atoms with Crippen LogP contribution in [-0.4, -0.2) is 40.6 Å². The lowest BCUT2D eigenvalue weighted by Gasteiger charge is -2.16. The van der Waals surface area contributed by atoms with E-state index in [2.05, 4.69) is 15.3 Å². The number of amides is 1. The first-order valence-electron chi connectivity index (χ1n) is 9.83. The van der Waals surface area contributed by atoms with E-state index in [0.29, 0.717) is 27.6 Å². The van der Waals surface area contributed by atoms with Crippen LogP contribution in [0.25, 0.3) is 21.3 Å². The monoisotopic (exact) mass is 484 g/mol. The SMILES string of the molecule is CSc1ccccc1NC(=O)CN(C)Cc1nc2scc(-c3ccccc3Cl)c2c(=O)[nH]1. The number of thiophene rings is 1. The molecule has 0 spiro atoms.